The molecule has 0 aromatic carbocycles. The van der Waals surface area contributed by atoms with Gasteiger partial charge in [-0.3, -0.25) is 4.79 Å². The molecule has 2 nitrogen and oxygen atoms in total. The quantitative estimate of drug-likeness (QED) is 0.537. The Morgan fingerprint density at radius 2 is 2.14 bits per heavy atom. The van der Waals surface area contributed by atoms with Gasteiger partial charge in [-0.2, -0.15) is 0 Å². The van der Waals surface area contributed by atoms with E-state index >= 15 is 0 Å². The molecule has 2 saturated carbocycles. The Balaban J connectivity index is 1.65. The van der Waals surface area contributed by atoms with Gasteiger partial charge in [-0.05, 0) is 38.0 Å². The molecule has 2 aliphatic carbocycles. The molecule has 2 fully saturated rings. The molecule has 0 bridgehead atoms. The number of hydrogen-bond acceptors (Lipinski definition) is 1. The minimum Gasteiger partial charge on any atom is -0.356 e. The van der Waals surface area contributed by atoms with Crippen molar-refractivity contribution in [2.75, 3.05) is 6.54 Å². The van der Waals surface area contributed by atoms with Crippen molar-refractivity contribution in [3.05, 3.63) is 12.2 Å². The summed E-state index contributed by atoms with van der Waals surface area (Å²) in [5.41, 5.74) is 0. The van der Waals surface area contributed by atoms with E-state index in [1.54, 1.807) is 0 Å². The first kappa shape index (κ1) is 9.75. The van der Waals surface area contributed by atoms with Gasteiger partial charge in [0, 0.05) is 12.5 Å². The zero-order valence-electron chi connectivity index (χ0n) is 8.83. The number of carbonyl (C=O) groups is 1. The van der Waals surface area contributed by atoms with Gasteiger partial charge in [-0.15, -0.1) is 0 Å². The summed E-state index contributed by atoms with van der Waals surface area (Å²) in [6.07, 6.45) is 9.00. The Hall–Kier alpha value is -0.790. The van der Waals surface area contributed by atoms with Crippen LogP contribution in [0.5, 0.6) is 0 Å². The average Bonchev–Trinajstić information content (AvgIpc) is 2.67. The summed E-state index contributed by atoms with van der Waals surface area (Å²) in [7, 11) is 0. The van der Waals surface area contributed by atoms with Gasteiger partial charge in [0.1, 0.15) is 0 Å². The Morgan fingerprint density at radius 3 is 2.79 bits per heavy atom. The monoisotopic (exact) mass is 193 g/mol. The van der Waals surface area contributed by atoms with Crippen LogP contribution in [0.4, 0.5) is 0 Å². The van der Waals surface area contributed by atoms with E-state index in [0.29, 0.717) is 11.8 Å². The van der Waals surface area contributed by atoms with Crippen LogP contribution >= 0.6 is 0 Å². The molecule has 2 rings (SSSR count). The minimum atomic E-state index is 0.309. The molecule has 0 aromatic heterocycles. The van der Waals surface area contributed by atoms with Crippen molar-refractivity contribution in [3.8, 4) is 0 Å². The number of nitrogens with one attached hydrogen (secondary N) is 1. The second kappa shape index (κ2) is 4.16. The van der Waals surface area contributed by atoms with Crippen molar-refractivity contribution in [2.24, 2.45) is 17.8 Å². The van der Waals surface area contributed by atoms with E-state index in [2.05, 4.69) is 11.4 Å². The fourth-order valence-electron chi connectivity index (χ4n) is 2.77. The standard InChI is InChI=1S/C12H19NO/c1-2-3-4-8-13-12(14)11-9-6-5-7-10(9)11/h2-3,9-11H,4-8H2,1H3,(H,13,14)/b3-2+. The van der Waals surface area contributed by atoms with Gasteiger partial charge >= 0.3 is 0 Å². The molecule has 1 amide bonds. The second-order valence-electron chi connectivity index (χ2n) is 4.43. The van der Waals surface area contributed by atoms with E-state index in [4.69, 9.17) is 0 Å². The Labute approximate surface area is 85.8 Å². The topological polar surface area (TPSA) is 29.1 Å². The summed E-state index contributed by atoms with van der Waals surface area (Å²) in [6.45, 7) is 2.81. The number of amides is 1. The maximum absolute atomic E-state index is 11.6. The fraction of sp³-hybridized carbons (Fsp3) is 0.750. The van der Waals surface area contributed by atoms with Gasteiger partial charge in [-0.25, -0.2) is 0 Å². The van der Waals surface area contributed by atoms with E-state index in [1.807, 2.05) is 13.0 Å². The molecule has 2 atom stereocenters. The van der Waals surface area contributed by atoms with Crippen LogP contribution in [-0.2, 0) is 4.79 Å². The van der Waals surface area contributed by atoms with Gasteiger partial charge in [0.05, 0.1) is 0 Å². The first-order chi connectivity index (χ1) is 6.84. The number of rotatable bonds is 4. The smallest absolute Gasteiger partial charge is 0.223 e. The van der Waals surface area contributed by atoms with E-state index in [1.165, 1.54) is 19.3 Å². The maximum Gasteiger partial charge on any atom is 0.223 e. The Kier molecular flexibility index (Phi) is 2.90. The predicted molar refractivity (Wildman–Crippen MR) is 56.8 cm³/mol. The van der Waals surface area contributed by atoms with Crippen LogP contribution in [0.15, 0.2) is 12.2 Å². The third-order valence-electron chi connectivity index (χ3n) is 3.56. The lowest BCUT2D eigenvalue weighted by Gasteiger charge is -2.04. The normalized spacial score (nSPS) is 34.5. The van der Waals surface area contributed by atoms with Gasteiger partial charge < -0.3 is 5.32 Å². The van der Waals surface area contributed by atoms with Gasteiger partial charge in [0.15, 0.2) is 0 Å². The summed E-state index contributed by atoms with van der Waals surface area (Å²) in [5.74, 6) is 2.19. The van der Waals surface area contributed by atoms with Crippen LogP contribution in [0, 0.1) is 17.8 Å². The molecule has 0 aromatic rings. The Bertz CT molecular complexity index is 237. The molecule has 1 N–H and O–H groups in total. The Morgan fingerprint density at radius 1 is 1.43 bits per heavy atom. The maximum atomic E-state index is 11.6. The van der Waals surface area contributed by atoms with E-state index < -0.39 is 0 Å². The molecule has 0 saturated heterocycles. The average molecular weight is 193 g/mol. The zero-order valence-corrected chi connectivity index (χ0v) is 8.83. The zero-order chi connectivity index (χ0) is 9.97. The van der Waals surface area contributed by atoms with Crippen molar-refractivity contribution in [3.63, 3.8) is 0 Å². The molecule has 0 heterocycles. The van der Waals surface area contributed by atoms with Crippen LogP contribution in [0.25, 0.3) is 0 Å². The molecule has 2 aliphatic rings. The largest absolute Gasteiger partial charge is 0.356 e. The van der Waals surface area contributed by atoms with Crippen LogP contribution in [0.2, 0.25) is 0 Å². The highest BCUT2D eigenvalue weighted by atomic mass is 16.2. The highest BCUT2D eigenvalue weighted by molar-refractivity contribution is 5.82. The summed E-state index contributed by atoms with van der Waals surface area (Å²) < 4.78 is 0. The van der Waals surface area contributed by atoms with Crippen molar-refractivity contribution in [2.45, 2.75) is 32.6 Å². The molecule has 2 heteroatoms. The molecule has 14 heavy (non-hydrogen) atoms. The number of hydrogen-bond donors (Lipinski definition) is 1. The minimum absolute atomic E-state index is 0.309. The molecule has 2 unspecified atom stereocenters. The highest BCUT2D eigenvalue weighted by Crippen LogP contribution is 2.57. The van der Waals surface area contributed by atoms with Crippen LogP contribution < -0.4 is 5.32 Å². The fourth-order valence-corrected chi connectivity index (χ4v) is 2.77. The van der Waals surface area contributed by atoms with E-state index in [0.717, 1.165) is 24.8 Å². The third-order valence-corrected chi connectivity index (χ3v) is 3.56. The number of allylic oxidation sites excluding steroid dienone is 1. The molecule has 0 spiro atoms. The summed E-state index contributed by atoms with van der Waals surface area (Å²) in [4.78, 5) is 11.6. The van der Waals surface area contributed by atoms with Crippen molar-refractivity contribution >= 4 is 5.91 Å². The molecular weight excluding hydrogens is 174 g/mol. The van der Waals surface area contributed by atoms with Gasteiger partial charge in [0.25, 0.3) is 0 Å². The lowest BCUT2D eigenvalue weighted by molar-refractivity contribution is -0.123. The first-order valence-electron chi connectivity index (χ1n) is 5.73. The lowest BCUT2D eigenvalue weighted by Crippen LogP contribution is -2.27. The van der Waals surface area contributed by atoms with Crippen molar-refractivity contribution in [1.29, 1.82) is 0 Å². The van der Waals surface area contributed by atoms with Gasteiger partial charge in [0.2, 0.25) is 5.91 Å². The summed E-state index contributed by atoms with van der Waals surface area (Å²) in [6, 6.07) is 0. The molecule has 0 aliphatic heterocycles. The van der Waals surface area contributed by atoms with Crippen LogP contribution in [-0.4, -0.2) is 12.5 Å². The summed E-state index contributed by atoms with van der Waals surface area (Å²) >= 11 is 0. The van der Waals surface area contributed by atoms with Gasteiger partial charge in [-0.1, -0.05) is 18.6 Å². The highest BCUT2D eigenvalue weighted by Gasteiger charge is 2.56. The molecular formula is C12H19NO. The molecule has 78 valence electrons. The number of fused-ring (bicyclic) bond motifs is 1. The van der Waals surface area contributed by atoms with E-state index in [9.17, 15) is 4.79 Å². The third kappa shape index (κ3) is 1.84. The van der Waals surface area contributed by atoms with Crippen LogP contribution in [0.1, 0.15) is 32.6 Å². The van der Waals surface area contributed by atoms with Crippen molar-refractivity contribution < 1.29 is 4.79 Å². The first-order valence-corrected chi connectivity index (χ1v) is 5.73. The summed E-state index contributed by atoms with van der Waals surface area (Å²) in [5, 5.41) is 3.02. The van der Waals surface area contributed by atoms with Crippen molar-refractivity contribution in [1.82, 2.24) is 5.32 Å². The second-order valence-corrected chi connectivity index (χ2v) is 4.43. The predicted octanol–water partition coefficient (Wildman–Crippen LogP) is 2.11. The van der Waals surface area contributed by atoms with Crippen LogP contribution in [0.3, 0.4) is 0 Å². The van der Waals surface area contributed by atoms with E-state index in [-0.39, 0.29) is 0 Å². The lowest BCUT2D eigenvalue weighted by atomic mass is 10.1. The SMILES string of the molecule is C/C=C/CCNC(=O)C1C2CCCC21. The molecule has 0 radical (unpaired) electrons. The number of carbonyl (C=O) groups excluding carboxylic acids is 1.